The first kappa shape index (κ1) is 16.9. The zero-order valence-corrected chi connectivity index (χ0v) is 13.5. The lowest BCUT2D eigenvalue weighted by Gasteiger charge is -2.11. The number of non-ortho nitro benzene ring substituents is 1. The molecule has 7 heteroatoms. The van der Waals surface area contributed by atoms with Crippen molar-refractivity contribution in [3.63, 3.8) is 0 Å². The van der Waals surface area contributed by atoms with E-state index in [4.69, 9.17) is 9.47 Å². The van der Waals surface area contributed by atoms with E-state index in [1.165, 1.54) is 24.3 Å². The maximum Gasteiger partial charge on any atom is 0.269 e. The highest BCUT2D eigenvalue weighted by molar-refractivity contribution is 5.94. The summed E-state index contributed by atoms with van der Waals surface area (Å²) in [5, 5.41) is 13.5. The molecule has 0 saturated carbocycles. The van der Waals surface area contributed by atoms with E-state index in [0.717, 1.165) is 19.4 Å². The highest BCUT2D eigenvalue weighted by Crippen LogP contribution is 2.24. The van der Waals surface area contributed by atoms with Crippen molar-refractivity contribution in [2.24, 2.45) is 0 Å². The monoisotopic (exact) mass is 342 g/mol. The summed E-state index contributed by atoms with van der Waals surface area (Å²) in [6.07, 6.45) is 2.12. The largest absolute Gasteiger partial charge is 0.457 e. The van der Waals surface area contributed by atoms with Crippen molar-refractivity contribution in [2.45, 2.75) is 18.9 Å². The average Bonchev–Trinajstić information content (AvgIpc) is 3.14. The zero-order valence-electron chi connectivity index (χ0n) is 13.5. The van der Waals surface area contributed by atoms with E-state index in [0.29, 0.717) is 23.6 Å². The minimum Gasteiger partial charge on any atom is -0.457 e. The van der Waals surface area contributed by atoms with E-state index in [9.17, 15) is 14.9 Å². The van der Waals surface area contributed by atoms with Crippen LogP contribution in [0.2, 0.25) is 0 Å². The molecule has 2 aromatic carbocycles. The molecule has 0 aromatic heterocycles. The molecule has 1 aliphatic heterocycles. The summed E-state index contributed by atoms with van der Waals surface area (Å²) in [6.45, 7) is 1.27. The maximum atomic E-state index is 12.1. The molecule has 1 amide bonds. The fourth-order valence-electron chi connectivity index (χ4n) is 2.56. The predicted octanol–water partition coefficient (Wildman–Crippen LogP) is 3.30. The Morgan fingerprint density at radius 3 is 2.36 bits per heavy atom. The fraction of sp³-hybridized carbons (Fsp3) is 0.278. The highest BCUT2D eigenvalue weighted by Gasteiger charge is 2.16. The van der Waals surface area contributed by atoms with Gasteiger partial charge in [0.15, 0.2) is 0 Å². The number of rotatable bonds is 6. The van der Waals surface area contributed by atoms with Crippen LogP contribution in [0.3, 0.4) is 0 Å². The third-order valence-corrected chi connectivity index (χ3v) is 3.91. The van der Waals surface area contributed by atoms with Crippen LogP contribution >= 0.6 is 0 Å². The van der Waals surface area contributed by atoms with Crippen LogP contribution < -0.4 is 10.1 Å². The van der Waals surface area contributed by atoms with Crippen LogP contribution in [0.4, 0.5) is 5.69 Å². The molecule has 2 aromatic rings. The van der Waals surface area contributed by atoms with Crippen molar-refractivity contribution < 1.29 is 19.2 Å². The van der Waals surface area contributed by atoms with Gasteiger partial charge in [-0.3, -0.25) is 14.9 Å². The Balaban J connectivity index is 1.55. The molecular weight excluding hydrogens is 324 g/mol. The summed E-state index contributed by atoms with van der Waals surface area (Å²) in [7, 11) is 0. The van der Waals surface area contributed by atoms with Gasteiger partial charge in [-0.15, -0.1) is 0 Å². The number of carbonyl (C=O) groups excluding carboxylic acids is 1. The van der Waals surface area contributed by atoms with Crippen molar-refractivity contribution in [3.05, 3.63) is 64.2 Å². The molecule has 1 heterocycles. The van der Waals surface area contributed by atoms with Crippen LogP contribution in [-0.4, -0.2) is 30.1 Å². The number of hydrogen-bond acceptors (Lipinski definition) is 5. The topological polar surface area (TPSA) is 90.7 Å². The van der Waals surface area contributed by atoms with Gasteiger partial charge in [-0.05, 0) is 49.2 Å². The molecular formula is C18H18N2O5. The fourth-order valence-corrected chi connectivity index (χ4v) is 2.56. The summed E-state index contributed by atoms with van der Waals surface area (Å²) in [5.41, 5.74) is 0.541. The van der Waals surface area contributed by atoms with Crippen LogP contribution in [-0.2, 0) is 4.74 Å². The molecule has 3 rings (SSSR count). The molecule has 0 aliphatic carbocycles. The standard InChI is InChI=1S/C18H18N2O5/c21-18(19-12-17-2-1-11-24-17)13-3-7-15(8-4-13)25-16-9-5-14(6-10-16)20(22)23/h3-10,17H,1-2,11-12H2,(H,19,21). The molecule has 25 heavy (non-hydrogen) atoms. The second-order valence-electron chi connectivity index (χ2n) is 5.72. The molecule has 7 nitrogen and oxygen atoms in total. The van der Waals surface area contributed by atoms with E-state index in [1.54, 1.807) is 24.3 Å². The van der Waals surface area contributed by atoms with Crippen molar-refractivity contribution in [1.82, 2.24) is 5.32 Å². The van der Waals surface area contributed by atoms with E-state index in [2.05, 4.69) is 5.32 Å². The Morgan fingerprint density at radius 2 is 1.80 bits per heavy atom. The zero-order chi connectivity index (χ0) is 17.6. The Labute approximate surface area is 144 Å². The lowest BCUT2D eigenvalue weighted by atomic mass is 10.2. The first-order valence-electron chi connectivity index (χ1n) is 8.04. The smallest absolute Gasteiger partial charge is 0.269 e. The Bertz CT molecular complexity index is 737. The maximum absolute atomic E-state index is 12.1. The third-order valence-electron chi connectivity index (χ3n) is 3.91. The van der Waals surface area contributed by atoms with Crippen LogP contribution in [0.5, 0.6) is 11.5 Å². The summed E-state index contributed by atoms with van der Waals surface area (Å²) in [6, 6.07) is 12.5. The van der Waals surface area contributed by atoms with Gasteiger partial charge in [0.2, 0.25) is 0 Å². The summed E-state index contributed by atoms with van der Waals surface area (Å²) < 4.78 is 11.1. The number of nitrogens with zero attached hydrogens (tertiary/aromatic N) is 1. The summed E-state index contributed by atoms with van der Waals surface area (Å²) >= 11 is 0. The Kier molecular flexibility index (Phi) is 5.25. The number of hydrogen-bond donors (Lipinski definition) is 1. The molecule has 1 atom stereocenters. The molecule has 130 valence electrons. The second kappa shape index (κ2) is 7.76. The van der Waals surface area contributed by atoms with E-state index in [-0.39, 0.29) is 17.7 Å². The highest BCUT2D eigenvalue weighted by atomic mass is 16.6. The van der Waals surface area contributed by atoms with E-state index >= 15 is 0 Å². The van der Waals surface area contributed by atoms with Crippen molar-refractivity contribution in [2.75, 3.05) is 13.2 Å². The molecule has 1 N–H and O–H groups in total. The lowest BCUT2D eigenvalue weighted by molar-refractivity contribution is -0.384. The molecule has 1 saturated heterocycles. The number of nitrogens with one attached hydrogen (secondary N) is 1. The van der Waals surface area contributed by atoms with Gasteiger partial charge >= 0.3 is 0 Å². The number of carbonyl (C=O) groups is 1. The first-order chi connectivity index (χ1) is 12.1. The predicted molar refractivity (Wildman–Crippen MR) is 90.9 cm³/mol. The number of nitro benzene ring substituents is 1. The van der Waals surface area contributed by atoms with E-state index < -0.39 is 4.92 Å². The van der Waals surface area contributed by atoms with Gasteiger partial charge in [0.05, 0.1) is 11.0 Å². The molecule has 1 fully saturated rings. The van der Waals surface area contributed by atoms with Gasteiger partial charge in [-0.25, -0.2) is 0 Å². The van der Waals surface area contributed by atoms with Gasteiger partial charge < -0.3 is 14.8 Å². The minimum absolute atomic E-state index is 0.00520. The minimum atomic E-state index is -0.464. The lowest BCUT2D eigenvalue weighted by Crippen LogP contribution is -2.31. The molecule has 0 spiro atoms. The number of amides is 1. The van der Waals surface area contributed by atoms with Crippen molar-refractivity contribution in [3.8, 4) is 11.5 Å². The Hall–Kier alpha value is -2.93. The SMILES string of the molecule is O=C(NCC1CCCO1)c1ccc(Oc2ccc([N+](=O)[O-])cc2)cc1. The number of ether oxygens (including phenoxy) is 2. The first-order valence-corrected chi connectivity index (χ1v) is 8.04. The van der Waals surface area contributed by atoms with Gasteiger partial charge in [0.1, 0.15) is 11.5 Å². The molecule has 0 bridgehead atoms. The van der Waals surface area contributed by atoms with Crippen molar-refractivity contribution >= 4 is 11.6 Å². The van der Waals surface area contributed by atoms with Crippen LogP contribution in [0.15, 0.2) is 48.5 Å². The normalized spacial score (nSPS) is 16.4. The number of benzene rings is 2. The number of nitro groups is 1. The summed E-state index contributed by atoms with van der Waals surface area (Å²) in [4.78, 5) is 22.3. The third kappa shape index (κ3) is 4.54. The molecule has 1 unspecified atom stereocenters. The van der Waals surface area contributed by atoms with Crippen LogP contribution in [0.25, 0.3) is 0 Å². The van der Waals surface area contributed by atoms with Gasteiger partial charge in [-0.1, -0.05) is 0 Å². The second-order valence-corrected chi connectivity index (χ2v) is 5.72. The van der Waals surface area contributed by atoms with Gasteiger partial charge in [0, 0.05) is 30.8 Å². The average molecular weight is 342 g/mol. The van der Waals surface area contributed by atoms with Crippen molar-refractivity contribution in [1.29, 1.82) is 0 Å². The Morgan fingerprint density at radius 1 is 1.16 bits per heavy atom. The summed E-state index contributed by atoms with van der Waals surface area (Å²) in [5.74, 6) is 0.878. The quantitative estimate of drug-likeness (QED) is 0.642. The van der Waals surface area contributed by atoms with Gasteiger partial charge in [-0.2, -0.15) is 0 Å². The molecule has 0 radical (unpaired) electrons. The van der Waals surface area contributed by atoms with Crippen LogP contribution in [0.1, 0.15) is 23.2 Å². The van der Waals surface area contributed by atoms with Gasteiger partial charge in [0.25, 0.3) is 11.6 Å². The van der Waals surface area contributed by atoms with E-state index in [1.807, 2.05) is 0 Å². The molecule has 1 aliphatic rings. The van der Waals surface area contributed by atoms with Crippen LogP contribution in [0, 0.1) is 10.1 Å².